The molecule has 0 aliphatic rings. The summed E-state index contributed by atoms with van der Waals surface area (Å²) in [6.45, 7) is 1.44. The Balaban J connectivity index is 2.91. The minimum Gasteiger partial charge on any atom is -0.494 e. The topological polar surface area (TPSA) is 26.3 Å². The van der Waals surface area contributed by atoms with Gasteiger partial charge in [0.1, 0.15) is 0 Å². The summed E-state index contributed by atoms with van der Waals surface area (Å²) in [5.41, 5.74) is 0.638. The Morgan fingerprint density at radius 3 is 2.71 bits per heavy atom. The molecule has 74 valence electrons. The van der Waals surface area contributed by atoms with Crippen LogP contribution in [0.3, 0.4) is 0 Å². The average Bonchev–Trinajstić information content (AvgIpc) is 2.15. The second kappa shape index (κ2) is 4.56. The van der Waals surface area contributed by atoms with Gasteiger partial charge in [0.2, 0.25) is 0 Å². The van der Waals surface area contributed by atoms with Crippen molar-refractivity contribution in [3.63, 3.8) is 0 Å². The summed E-state index contributed by atoms with van der Waals surface area (Å²) in [4.78, 5) is 10.6. The molecule has 3 heteroatoms. The van der Waals surface area contributed by atoms with Crippen LogP contribution >= 0.6 is 0 Å². The largest absolute Gasteiger partial charge is 0.494 e. The number of carbonyl (C=O) groups excluding carboxylic acids is 1. The zero-order chi connectivity index (χ0) is 10.6. The van der Waals surface area contributed by atoms with Gasteiger partial charge in [-0.05, 0) is 30.7 Å². The van der Waals surface area contributed by atoms with Crippen LogP contribution in [0.1, 0.15) is 12.5 Å². The molecule has 1 aromatic carbocycles. The van der Waals surface area contributed by atoms with Crippen LogP contribution in [0.2, 0.25) is 0 Å². The summed E-state index contributed by atoms with van der Waals surface area (Å²) in [5, 5.41) is 0. The minimum atomic E-state index is -0.432. The molecule has 0 aliphatic carbocycles. The smallest absolute Gasteiger partial charge is 0.165 e. The SMILES string of the molecule is COc1ccc(C=CC(C)=O)cc1F. The summed E-state index contributed by atoms with van der Waals surface area (Å²) in [5.74, 6) is -0.301. The predicted molar refractivity (Wildman–Crippen MR) is 52.7 cm³/mol. The number of rotatable bonds is 3. The van der Waals surface area contributed by atoms with Crippen molar-refractivity contribution in [3.05, 3.63) is 35.7 Å². The van der Waals surface area contributed by atoms with Crippen LogP contribution in [-0.4, -0.2) is 12.9 Å². The third-order valence-electron chi connectivity index (χ3n) is 1.69. The van der Waals surface area contributed by atoms with Crippen LogP contribution in [0.15, 0.2) is 24.3 Å². The third-order valence-corrected chi connectivity index (χ3v) is 1.69. The Hall–Kier alpha value is -1.64. The number of hydrogen-bond donors (Lipinski definition) is 0. The van der Waals surface area contributed by atoms with Crippen molar-refractivity contribution < 1.29 is 13.9 Å². The molecule has 1 rings (SSSR count). The molecule has 0 fully saturated rings. The fourth-order valence-corrected chi connectivity index (χ4v) is 1.000. The molecule has 0 unspecified atom stereocenters. The van der Waals surface area contributed by atoms with Gasteiger partial charge in [-0.1, -0.05) is 12.1 Å². The number of ketones is 1. The molecule has 0 radical (unpaired) electrons. The number of methoxy groups -OCH3 is 1. The Bertz CT molecular complexity index is 370. The number of allylic oxidation sites excluding steroid dienone is 1. The first kappa shape index (κ1) is 10.4. The molecular weight excluding hydrogens is 183 g/mol. The van der Waals surface area contributed by atoms with Crippen molar-refractivity contribution in [1.29, 1.82) is 0 Å². The lowest BCUT2D eigenvalue weighted by Crippen LogP contribution is -1.88. The maximum absolute atomic E-state index is 13.1. The second-order valence-electron chi connectivity index (χ2n) is 2.84. The van der Waals surface area contributed by atoms with Gasteiger partial charge >= 0.3 is 0 Å². The highest BCUT2D eigenvalue weighted by Gasteiger charge is 2.00. The molecule has 0 bridgehead atoms. The highest BCUT2D eigenvalue weighted by molar-refractivity contribution is 5.91. The zero-order valence-corrected chi connectivity index (χ0v) is 8.08. The van der Waals surface area contributed by atoms with E-state index in [1.807, 2.05) is 0 Å². The maximum atomic E-state index is 13.1. The molecular formula is C11H11FO2. The number of ether oxygens (including phenoxy) is 1. The van der Waals surface area contributed by atoms with Gasteiger partial charge in [0.15, 0.2) is 17.3 Å². The van der Waals surface area contributed by atoms with Crippen LogP contribution in [0.25, 0.3) is 6.08 Å². The highest BCUT2D eigenvalue weighted by atomic mass is 19.1. The Morgan fingerprint density at radius 1 is 1.50 bits per heavy atom. The van der Waals surface area contributed by atoms with Crippen LogP contribution in [-0.2, 0) is 4.79 Å². The van der Waals surface area contributed by atoms with Crippen molar-refractivity contribution in [2.24, 2.45) is 0 Å². The van der Waals surface area contributed by atoms with E-state index in [2.05, 4.69) is 0 Å². The van der Waals surface area contributed by atoms with Crippen molar-refractivity contribution in [2.75, 3.05) is 7.11 Å². The van der Waals surface area contributed by atoms with Gasteiger partial charge < -0.3 is 4.74 Å². The number of benzene rings is 1. The molecule has 0 heterocycles. The molecule has 0 N–H and O–H groups in total. The van der Waals surface area contributed by atoms with Gasteiger partial charge in [-0.2, -0.15) is 0 Å². The standard InChI is InChI=1S/C11H11FO2/c1-8(13)3-4-9-5-6-11(14-2)10(12)7-9/h3-7H,1-2H3. The van der Waals surface area contributed by atoms with Crippen molar-refractivity contribution in [2.45, 2.75) is 6.92 Å². The first-order valence-electron chi connectivity index (χ1n) is 4.15. The van der Waals surface area contributed by atoms with Crippen LogP contribution in [0.5, 0.6) is 5.75 Å². The van der Waals surface area contributed by atoms with Crippen LogP contribution < -0.4 is 4.74 Å². The zero-order valence-electron chi connectivity index (χ0n) is 8.08. The van der Waals surface area contributed by atoms with Crippen LogP contribution in [0, 0.1) is 5.82 Å². The van der Waals surface area contributed by atoms with E-state index in [0.717, 1.165) is 0 Å². The quantitative estimate of drug-likeness (QED) is 0.691. The molecule has 0 aliphatic heterocycles. The van der Waals surface area contributed by atoms with Crippen molar-refractivity contribution >= 4 is 11.9 Å². The van der Waals surface area contributed by atoms with Gasteiger partial charge in [0.05, 0.1) is 7.11 Å². The van der Waals surface area contributed by atoms with Gasteiger partial charge in [-0.15, -0.1) is 0 Å². The summed E-state index contributed by atoms with van der Waals surface area (Å²) in [6.07, 6.45) is 2.95. The lowest BCUT2D eigenvalue weighted by molar-refractivity contribution is -0.112. The van der Waals surface area contributed by atoms with Gasteiger partial charge in [-0.25, -0.2) is 4.39 Å². The Kier molecular flexibility index (Phi) is 3.40. The molecule has 2 nitrogen and oxygen atoms in total. The average molecular weight is 194 g/mol. The molecule has 0 saturated heterocycles. The molecule has 0 amide bonds. The Labute approximate surface area is 82.0 Å². The minimum absolute atomic E-state index is 0.0683. The van der Waals surface area contributed by atoms with E-state index in [4.69, 9.17) is 4.74 Å². The second-order valence-corrected chi connectivity index (χ2v) is 2.84. The van der Waals surface area contributed by atoms with Gasteiger partial charge in [-0.3, -0.25) is 4.79 Å². The lowest BCUT2D eigenvalue weighted by Gasteiger charge is -2.01. The molecule has 0 saturated carbocycles. The first-order valence-corrected chi connectivity index (χ1v) is 4.15. The highest BCUT2D eigenvalue weighted by Crippen LogP contribution is 2.18. The van der Waals surface area contributed by atoms with E-state index in [1.165, 1.54) is 32.2 Å². The molecule has 0 atom stereocenters. The number of hydrogen-bond acceptors (Lipinski definition) is 2. The number of carbonyl (C=O) groups is 1. The molecule has 0 aromatic heterocycles. The van der Waals surface area contributed by atoms with Crippen molar-refractivity contribution in [3.8, 4) is 5.75 Å². The fraction of sp³-hybridized carbons (Fsp3) is 0.182. The molecule has 1 aromatic rings. The summed E-state index contributed by atoms with van der Waals surface area (Å²) < 4.78 is 17.9. The normalized spacial score (nSPS) is 10.5. The monoisotopic (exact) mass is 194 g/mol. The van der Waals surface area contributed by atoms with E-state index in [0.29, 0.717) is 5.56 Å². The van der Waals surface area contributed by atoms with Gasteiger partial charge in [0.25, 0.3) is 0 Å². The van der Waals surface area contributed by atoms with Crippen LogP contribution in [0.4, 0.5) is 4.39 Å². The summed E-state index contributed by atoms with van der Waals surface area (Å²) >= 11 is 0. The molecule has 14 heavy (non-hydrogen) atoms. The van der Waals surface area contributed by atoms with E-state index in [-0.39, 0.29) is 11.5 Å². The Morgan fingerprint density at radius 2 is 2.21 bits per heavy atom. The summed E-state index contributed by atoms with van der Waals surface area (Å²) in [6, 6.07) is 4.52. The van der Waals surface area contributed by atoms with Gasteiger partial charge in [0, 0.05) is 0 Å². The van der Waals surface area contributed by atoms with Crippen molar-refractivity contribution in [1.82, 2.24) is 0 Å². The van der Waals surface area contributed by atoms with E-state index >= 15 is 0 Å². The number of halogens is 1. The summed E-state index contributed by atoms with van der Waals surface area (Å²) in [7, 11) is 1.41. The first-order chi connectivity index (χ1) is 6.63. The molecule has 0 spiro atoms. The van der Waals surface area contributed by atoms with E-state index in [1.54, 1.807) is 12.1 Å². The van der Waals surface area contributed by atoms with E-state index < -0.39 is 5.82 Å². The van der Waals surface area contributed by atoms with E-state index in [9.17, 15) is 9.18 Å². The maximum Gasteiger partial charge on any atom is 0.165 e. The lowest BCUT2D eigenvalue weighted by atomic mass is 10.2. The fourth-order valence-electron chi connectivity index (χ4n) is 1.000. The predicted octanol–water partition coefficient (Wildman–Crippen LogP) is 2.44. The third kappa shape index (κ3) is 2.69.